The molecule has 0 saturated carbocycles. The Labute approximate surface area is 672 Å². The third-order valence-electron chi connectivity index (χ3n) is 23.8. The van der Waals surface area contributed by atoms with E-state index in [0.717, 1.165) is 137 Å². The Morgan fingerprint density at radius 1 is 0.171 bits per heavy atom. The highest BCUT2D eigenvalue weighted by atomic mass is 16.3. The number of nitrogens with zero attached hydrogens (tertiary/aromatic N) is 6. The lowest BCUT2D eigenvalue weighted by molar-refractivity contribution is 0.662. The molecule has 6 heterocycles. The summed E-state index contributed by atoms with van der Waals surface area (Å²) in [5, 5.41) is 20.9. The van der Waals surface area contributed by atoms with Crippen LogP contribution in [0.4, 0.5) is 0 Å². The third-order valence-corrected chi connectivity index (χ3v) is 23.8. The first-order valence-electron chi connectivity index (χ1n) is 39.7. The molecular formula is C108H72N6O3. The molecule has 0 atom stereocenters. The van der Waals surface area contributed by atoms with Gasteiger partial charge in [0.25, 0.3) is 0 Å². The van der Waals surface area contributed by atoms with Crippen molar-refractivity contribution >= 4 is 164 Å². The lowest BCUT2D eigenvalue weighted by Crippen LogP contribution is -1.90. The molecule has 24 rings (SSSR count). The van der Waals surface area contributed by atoms with E-state index >= 15 is 0 Å². The SMILES string of the molecule is Cc1cc(C)c2oc3c(C)cc(-c4ccccc4-c4ccc5c(c4)c4ccccc4c4nccnc54)cc3c2c1.Cc1ccc2oc3ccc(-c4ccccc4-c4ccc5c(c4)c4ccccc4c4nccnc54)cc3c2c1.Cc1cccc2c1oc1c(C)cc(-c3ccccc3-c3ccc4c(c3)c3ccccc3c3nccnc43)cc12. The van der Waals surface area contributed by atoms with Crippen LogP contribution < -0.4 is 0 Å². The molecule has 0 bridgehead atoms. The van der Waals surface area contributed by atoms with E-state index < -0.39 is 0 Å². The van der Waals surface area contributed by atoms with Crippen molar-refractivity contribution in [3.8, 4) is 66.8 Å². The molecule has 9 nitrogen and oxygen atoms in total. The standard InChI is InChI=1S/C37H26N2O.C36H24N2O.C35H22N2O/c1-21-16-22(2)36-32(17-21)33-20-25(18-23(3)37(33)40-36)27-9-5-4-8-26(27)24-12-13-30-31(19-24)28-10-6-7-11-29(28)34-35(30)39-15-14-38-34;1-21-8-7-13-30-32-20-24(18-22(2)36(32)39-35(21)30)26-10-4-3-9-25(26)23-14-15-29-31(19-23)27-11-5-6-12-28(27)33-34(29)38-17-16-37-33;1-21-10-14-32-30(18-21)31-20-23(12-15-33(31)38-32)25-7-3-2-6-24(25)22-11-13-28-29(19-22)26-8-4-5-9-27(26)34-35(28)37-17-16-36-34/h4-20H,1-3H3;3-20H,1-2H3;2-20H,1H3. The second-order valence-corrected chi connectivity index (χ2v) is 31.1. The van der Waals surface area contributed by atoms with Crippen LogP contribution in [0, 0.1) is 41.5 Å². The number of aryl methyl sites for hydroxylation is 6. The van der Waals surface area contributed by atoms with Gasteiger partial charge in [0.05, 0.1) is 33.1 Å². The van der Waals surface area contributed by atoms with Crippen LogP contribution in [0.25, 0.3) is 230 Å². The van der Waals surface area contributed by atoms with Gasteiger partial charge >= 0.3 is 0 Å². The second-order valence-electron chi connectivity index (χ2n) is 31.1. The number of hydrogen-bond acceptors (Lipinski definition) is 9. The Hall–Kier alpha value is -15.1. The Kier molecular flexibility index (Phi) is 16.1. The van der Waals surface area contributed by atoms with E-state index in [1.54, 1.807) is 37.2 Å². The highest BCUT2D eigenvalue weighted by molar-refractivity contribution is 6.27. The maximum atomic E-state index is 6.39. The van der Waals surface area contributed by atoms with Crippen molar-refractivity contribution < 1.29 is 13.3 Å². The largest absolute Gasteiger partial charge is 0.456 e. The average Bonchev–Trinajstić information content (AvgIpc) is 1.72. The molecule has 0 saturated heterocycles. The van der Waals surface area contributed by atoms with Gasteiger partial charge in [0, 0.05) is 102 Å². The minimum Gasteiger partial charge on any atom is -0.456 e. The summed E-state index contributed by atoms with van der Waals surface area (Å²) in [6, 6.07) is 104. The molecule has 0 aliphatic heterocycles. The summed E-state index contributed by atoms with van der Waals surface area (Å²) >= 11 is 0. The predicted octanol–water partition coefficient (Wildman–Crippen LogP) is 29.4. The topological polar surface area (TPSA) is 117 Å². The molecule has 117 heavy (non-hydrogen) atoms. The fourth-order valence-electron chi connectivity index (χ4n) is 18.4. The number of hydrogen-bond donors (Lipinski definition) is 0. The summed E-state index contributed by atoms with van der Waals surface area (Å²) < 4.78 is 18.8. The molecule has 6 aromatic heterocycles. The fraction of sp³-hybridized carbons (Fsp3) is 0.0556. The van der Waals surface area contributed by atoms with E-state index in [1.807, 2.05) is 0 Å². The number of rotatable bonds is 6. The zero-order valence-corrected chi connectivity index (χ0v) is 65.1. The van der Waals surface area contributed by atoms with E-state index in [0.29, 0.717) is 0 Å². The van der Waals surface area contributed by atoms with Crippen molar-refractivity contribution in [1.82, 2.24) is 29.9 Å². The van der Waals surface area contributed by atoms with Crippen molar-refractivity contribution in [2.75, 3.05) is 0 Å². The van der Waals surface area contributed by atoms with Gasteiger partial charge in [-0.1, -0.05) is 224 Å². The average molecular weight is 1500 g/mol. The van der Waals surface area contributed by atoms with Gasteiger partial charge in [-0.15, -0.1) is 0 Å². The van der Waals surface area contributed by atoms with Crippen LogP contribution in [-0.4, -0.2) is 29.9 Å². The minimum absolute atomic E-state index is 0.914. The molecule has 9 heteroatoms. The van der Waals surface area contributed by atoms with Crippen LogP contribution in [0.2, 0.25) is 0 Å². The highest BCUT2D eigenvalue weighted by Crippen LogP contribution is 2.47. The minimum atomic E-state index is 0.914. The van der Waals surface area contributed by atoms with Crippen molar-refractivity contribution in [2.45, 2.75) is 41.5 Å². The van der Waals surface area contributed by atoms with Crippen LogP contribution >= 0.6 is 0 Å². The quantitative estimate of drug-likeness (QED) is 0.150. The lowest BCUT2D eigenvalue weighted by atomic mass is 9.90. The Balaban J connectivity index is 0.000000106. The van der Waals surface area contributed by atoms with Crippen molar-refractivity contribution in [3.05, 3.63) is 362 Å². The first-order chi connectivity index (χ1) is 57.5. The molecular weight excluding hydrogens is 1430 g/mol. The Morgan fingerprint density at radius 3 is 0.863 bits per heavy atom. The van der Waals surface area contributed by atoms with Gasteiger partial charge in [0.1, 0.15) is 33.5 Å². The monoisotopic (exact) mass is 1500 g/mol. The summed E-state index contributed by atoms with van der Waals surface area (Å²) in [7, 11) is 0. The van der Waals surface area contributed by atoms with Crippen molar-refractivity contribution in [3.63, 3.8) is 0 Å². The Bertz CT molecular complexity index is 8210. The maximum Gasteiger partial charge on any atom is 0.138 e. The summed E-state index contributed by atoms with van der Waals surface area (Å²) in [5.41, 5.74) is 32.7. The van der Waals surface area contributed by atoms with Gasteiger partial charge in [0.2, 0.25) is 0 Å². The molecule has 0 spiro atoms. The molecule has 24 aromatic rings. The van der Waals surface area contributed by atoms with Crippen molar-refractivity contribution in [2.24, 2.45) is 0 Å². The Morgan fingerprint density at radius 2 is 0.453 bits per heavy atom. The smallest absolute Gasteiger partial charge is 0.138 e. The van der Waals surface area contributed by atoms with E-state index in [2.05, 4.69) is 348 Å². The van der Waals surface area contributed by atoms with Crippen LogP contribution in [-0.2, 0) is 0 Å². The summed E-state index contributed by atoms with van der Waals surface area (Å²) in [6.07, 6.45) is 10.6. The molecule has 552 valence electrons. The maximum absolute atomic E-state index is 6.39. The summed E-state index contributed by atoms with van der Waals surface area (Å²) in [5.74, 6) is 0. The fourth-order valence-corrected chi connectivity index (χ4v) is 18.4. The molecule has 0 amide bonds. The van der Waals surface area contributed by atoms with E-state index in [1.165, 1.54) is 127 Å². The van der Waals surface area contributed by atoms with Gasteiger partial charge in [-0.05, 0) is 241 Å². The first kappa shape index (κ1) is 68.7. The number of furan rings is 3. The predicted molar refractivity (Wildman–Crippen MR) is 487 cm³/mol. The zero-order chi connectivity index (χ0) is 78.3. The van der Waals surface area contributed by atoms with Gasteiger partial charge in [-0.2, -0.15) is 0 Å². The lowest BCUT2D eigenvalue weighted by Gasteiger charge is -2.14. The summed E-state index contributed by atoms with van der Waals surface area (Å²) in [4.78, 5) is 28.2. The number of para-hydroxylation sites is 1. The molecule has 0 aliphatic carbocycles. The van der Waals surface area contributed by atoms with Gasteiger partial charge in [-0.3, -0.25) is 29.9 Å². The van der Waals surface area contributed by atoms with Crippen LogP contribution in [0.3, 0.4) is 0 Å². The molecule has 0 N–H and O–H groups in total. The van der Waals surface area contributed by atoms with Crippen LogP contribution in [0.1, 0.15) is 33.4 Å². The summed E-state index contributed by atoms with van der Waals surface area (Å²) in [6.45, 7) is 12.8. The first-order valence-corrected chi connectivity index (χ1v) is 39.7. The number of benzene rings is 18. The van der Waals surface area contributed by atoms with Gasteiger partial charge < -0.3 is 13.3 Å². The van der Waals surface area contributed by atoms with E-state index in [-0.39, 0.29) is 0 Å². The number of aromatic nitrogens is 6. The van der Waals surface area contributed by atoms with E-state index in [9.17, 15) is 0 Å². The van der Waals surface area contributed by atoms with Gasteiger partial charge in [-0.25, -0.2) is 0 Å². The van der Waals surface area contributed by atoms with Crippen LogP contribution in [0.15, 0.2) is 342 Å². The number of fused-ring (bicyclic) bond motifs is 27. The van der Waals surface area contributed by atoms with Crippen molar-refractivity contribution in [1.29, 1.82) is 0 Å². The molecule has 0 aliphatic rings. The normalized spacial score (nSPS) is 11.8. The zero-order valence-electron chi connectivity index (χ0n) is 65.1. The van der Waals surface area contributed by atoms with E-state index in [4.69, 9.17) is 28.2 Å². The third kappa shape index (κ3) is 11.4. The molecule has 0 unspecified atom stereocenters. The van der Waals surface area contributed by atoms with Crippen LogP contribution in [0.5, 0.6) is 0 Å². The highest BCUT2D eigenvalue weighted by Gasteiger charge is 2.22. The molecule has 18 aromatic carbocycles. The molecule has 0 fully saturated rings. The second kappa shape index (κ2) is 27.4. The van der Waals surface area contributed by atoms with Gasteiger partial charge in [0.15, 0.2) is 0 Å². The molecule has 0 radical (unpaired) electrons.